The van der Waals surface area contributed by atoms with Crippen LogP contribution in [0.5, 0.6) is 11.6 Å². The van der Waals surface area contributed by atoms with Gasteiger partial charge in [-0.1, -0.05) is 13.8 Å². The van der Waals surface area contributed by atoms with Crippen molar-refractivity contribution in [3.63, 3.8) is 0 Å². The summed E-state index contributed by atoms with van der Waals surface area (Å²) >= 11 is 0. The fourth-order valence-electron chi connectivity index (χ4n) is 3.30. The first-order valence-corrected chi connectivity index (χ1v) is 8.62. The molecule has 0 bridgehead atoms. The van der Waals surface area contributed by atoms with Gasteiger partial charge in [0.2, 0.25) is 11.8 Å². The fourth-order valence-corrected chi connectivity index (χ4v) is 3.30. The maximum atomic E-state index is 11.7. The van der Waals surface area contributed by atoms with Crippen molar-refractivity contribution in [3.8, 4) is 11.6 Å². The zero-order valence-corrected chi connectivity index (χ0v) is 15.1. The van der Waals surface area contributed by atoms with Crippen LogP contribution in [0, 0.1) is 11.8 Å². The highest BCUT2D eigenvalue weighted by Gasteiger charge is 2.35. The second kappa shape index (κ2) is 7.19. The Morgan fingerprint density at radius 3 is 2.73 bits per heavy atom. The predicted molar refractivity (Wildman–Crippen MR) is 97.2 cm³/mol. The number of amides is 2. The zero-order valence-electron chi connectivity index (χ0n) is 15.1. The molecule has 3 N–H and O–H groups in total. The van der Waals surface area contributed by atoms with Crippen molar-refractivity contribution in [1.29, 1.82) is 0 Å². The van der Waals surface area contributed by atoms with E-state index < -0.39 is 5.91 Å². The minimum Gasteiger partial charge on any atom is -0.496 e. The van der Waals surface area contributed by atoms with Crippen molar-refractivity contribution in [2.24, 2.45) is 17.6 Å². The average Bonchev–Trinajstić information content (AvgIpc) is 2.87. The van der Waals surface area contributed by atoms with Gasteiger partial charge < -0.3 is 20.5 Å². The highest BCUT2D eigenvalue weighted by molar-refractivity contribution is 6.01. The number of rotatable bonds is 6. The van der Waals surface area contributed by atoms with Gasteiger partial charge in [0.1, 0.15) is 5.75 Å². The van der Waals surface area contributed by atoms with E-state index in [2.05, 4.69) is 17.2 Å². The van der Waals surface area contributed by atoms with E-state index in [1.165, 1.54) is 7.11 Å². The topological polar surface area (TPSA) is 104 Å². The third-order valence-electron chi connectivity index (χ3n) is 5.15. The summed E-state index contributed by atoms with van der Waals surface area (Å²) in [4.78, 5) is 27.6. The minimum absolute atomic E-state index is 0.0205. The number of carbonyl (C=O) groups is 2. The van der Waals surface area contributed by atoms with E-state index in [9.17, 15) is 9.59 Å². The van der Waals surface area contributed by atoms with E-state index in [0.29, 0.717) is 30.2 Å². The van der Waals surface area contributed by atoms with Gasteiger partial charge in [0.05, 0.1) is 19.3 Å². The Labute approximate surface area is 151 Å². The largest absolute Gasteiger partial charge is 0.496 e. The molecule has 1 saturated heterocycles. The van der Waals surface area contributed by atoms with Gasteiger partial charge in [-0.15, -0.1) is 0 Å². The van der Waals surface area contributed by atoms with Crippen LogP contribution < -0.4 is 20.5 Å². The lowest BCUT2D eigenvalue weighted by Gasteiger charge is -2.17. The molecule has 2 aromatic rings. The van der Waals surface area contributed by atoms with E-state index in [1.54, 1.807) is 24.4 Å². The Hall–Kier alpha value is -2.83. The number of nitrogens with zero attached hydrogens (tertiary/aromatic N) is 1. The molecule has 1 aliphatic rings. The lowest BCUT2D eigenvalue weighted by Crippen LogP contribution is -2.29. The van der Waals surface area contributed by atoms with Gasteiger partial charge in [0, 0.05) is 30.0 Å². The third-order valence-corrected chi connectivity index (χ3v) is 5.15. The highest BCUT2D eigenvalue weighted by Crippen LogP contribution is 2.31. The number of pyridine rings is 1. The number of primary amides is 1. The number of carbonyl (C=O) groups excluding carboxylic acids is 2. The quantitative estimate of drug-likeness (QED) is 0.821. The number of fused-ring (bicyclic) bond motifs is 1. The number of nitrogens with two attached hydrogens (primary N) is 1. The number of methoxy groups -OCH3 is 1. The van der Waals surface area contributed by atoms with Crippen molar-refractivity contribution in [1.82, 2.24) is 10.3 Å². The molecule has 1 aromatic carbocycles. The summed E-state index contributed by atoms with van der Waals surface area (Å²) in [6.07, 6.45) is 2.32. The van der Waals surface area contributed by atoms with Gasteiger partial charge >= 0.3 is 0 Å². The summed E-state index contributed by atoms with van der Waals surface area (Å²) in [5.74, 6) is 0.671. The summed E-state index contributed by atoms with van der Waals surface area (Å²) in [7, 11) is 1.48. The van der Waals surface area contributed by atoms with Gasteiger partial charge in [-0.25, -0.2) is 4.98 Å². The number of nitrogens with one attached hydrogen (secondary N) is 1. The first kappa shape index (κ1) is 18.0. The van der Waals surface area contributed by atoms with Crippen molar-refractivity contribution in [2.45, 2.75) is 26.3 Å². The summed E-state index contributed by atoms with van der Waals surface area (Å²) < 4.78 is 11.1. The zero-order chi connectivity index (χ0) is 18.8. The second-order valence-electron chi connectivity index (χ2n) is 6.65. The monoisotopic (exact) mass is 357 g/mol. The van der Waals surface area contributed by atoms with Crippen LogP contribution in [0.3, 0.4) is 0 Å². The molecule has 0 radical (unpaired) electrons. The number of ether oxygens (including phenoxy) is 2. The first-order chi connectivity index (χ1) is 12.4. The van der Waals surface area contributed by atoms with Crippen LogP contribution >= 0.6 is 0 Å². The normalized spacial score (nSPS) is 22.3. The lowest BCUT2D eigenvalue weighted by molar-refractivity contribution is -0.122. The fraction of sp³-hybridized carbons (Fsp3) is 0.421. The van der Waals surface area contributed by atoms with E-state index in [1.807, 2.05) is 6.92 Å². The number of hydrogen-bond acceptors (Lipinski definition) is 5. The molecule has 1 aliphatic heterocycles. The van der Waals surface area contributed by atoms with E-state index in [4.69, 9.17) is 15.2 Å². The van der Waals surface area contributed by atoms with E-state index in [-0.39, 0.29) is 23.8 Å². The third kappa shape index (κ3) is 3.29. The Balaban J connectivity index is 1.78. The van der Waals surface area contributed by atoms with Gasteiger partial charge in [-0.2, -0.15) is 0 Å². The standard InChI is InChI=1S/C19H23N3O4/c1-10-11(2)18(24)22-15(10)5-7-26-19-13-9-16(25-3)14(17(20)23)8-12(13)4-6-21-19/h4,6,8-11,15H,5,7H2,1-3H3,(H2,20,23)(H,22,24)/t10-,11+,15-/m1/s1. The molecule has 7 heteroatoms. The van der Waals surface area contributed by atoms with Crippen molar-refractivity contribution < 1.29 is 19.1 Å². The SMILES string of the molecule is COc1cc2c(OCC[C@H]3NC(=O)[C@@H](C)[C@H]3C)nccc2cc1C(N)=O. The van der Waals surface area contributed by atoms with Crippen LogP contribution in [-0.2, 0) is 4.79 Å². The van der Waals surface area contributed by atoms with Crippen molar-refractivity contribution in [2.75, 3.05) is 13.7 Å². The Kier molecular flexibility index (Phi) is 4.97. The van der Waals surface area contributed by atoms with Gasteiger partial charge in [-0.05, 0) is 29.5 Å². The molecule has 0 aliphatic carbocycles. The van der Waals surface area contributed by atoms with Gasteiger partial charge in [-0.3, -0.25) is 9.59 Å². The van der Waals surface area contributed by atoms with E-state index >= 15 is 0 Å². The van der Waals surface area contributed by atoms with Crippen LogP contribution in [0.15, 0.2) is 24.4 Å². The van der Waals surface area contributed by atoms with Crippen LogP contribution in [0.4, 0.5) is 0 Å². The molecule has 0 unspecified atom stereocenters. The molecule has 2 heterocycles. The minimum atomic E-state index is -0.553. The molecule has 3 atom stereocenters. The van der Waals surface area contributed by atoms with Crippen LogP contribution in [0.2, 0.25) is 0 Å². The number of hydrogen-bond donors (Lipinski definition) is 2. The average molecular weight is 357 g/mol. The van der Waals surface area contributed by atoms with E-state index in [0.717, 1.165) is 10.8 Å². The first-order valence-electron chi connectivity index (χ1n) is 8.62. The maximum Gasteiger partial charge on any atom is 0.252 e. The maximum absolute atomic E-state index is 11.7. The molecule has 1 fully saturated rings. The molecule has 3 rings (SSSR count). The summed E-state index contributed by atoms with van der Waals surface area (Å²) in [5.41, 5.74) is 5.72. The molecule has 2 amide bonds. The second-order valence-corrected chi connectivity index (χ2v) is 6.65. The lowest BCUT2D eigenvalue weighted by atomic mass is 9.92. The predicted octanol–water partition coefficient (Wildman–Crippen LogP) is 1.88. The molecule has 138 valence electrons. The van der Waals surface area contributed by atoms with Gasteiger partial charge in [0.25, 0.3) is 5.91 Å². The Bertz CT molecular complexity index is 852. The van der Waals surface area contributed by atoms with Crippen LogP contribution in [0.1, 0.15) is 30.6 Å². The number of aromatic nitrogens is 1. The summed E-state index contributed by atoms with van der Waals surface area (Å²) in [5, 5.41) is 4.54. The molecule has 0 saturated carbocycles. The van der Waals surface area contributed by atoms with Crippen LogP contribution in [-0.4, -0.2) is 36.6 Å². The molecular formula is C19H23N3O4. The Morgan fingerprint density at radius 1 is 1.35 bits per heavy atom. The molecular weight excluding hydrogens is 334 g/mol. The van der Waals surface area contributed by atoms with Crippen LogP contribution in [0.25, 0.3) is 10.8 Å². The van der Waals surface area contributed by atoms with Gasteiger partial charge in [0.15, 0.2) is 0 Å². The smallest absolute Gasteiger partial charge is 0.252 e. The molecule has 0 spiro atoms. The molecule has 1 aromatic heterocycles. The van der Waals surface area contributed by atoms with Crippen molar-refractivity contribution in [3.05, 3.63) is 30.0 Å². The summed E-state index contributed by atoms with van der Waals surface area (Å²) in [6.45, 7) is 4.43. The van der Waals surface area contributed by atoms with Crippen molar-refractivity contribution >= 4 is 22.6 Å². The number of benzene rings is 1. The molecule has 7 nitrogen and oxygen atoms in total. The molecule has 26 heavy (non-hydrogen) atoms. The highest BCUT2D eigenvalue weighted by atomic mass is 16.5. The summed E-state index contributed by atoms with van der Waals surface area (Å²) in [6, 6.07) is 5.27. The Morgan fingerprint density at radius 2 is 2.12 bits per heavy atom.